The van der Waals surface area contributed by atoms with Gasteiger partial charge in [0.1, 0.15) is 6.33 Å². The van der Waals surface area contributed by atoms with Gasteiger partial charge in [-0.3, -0.25) is 0 Å². The van der Waals surface area contributed by atoms with E-state index in [0.717, 1.165) is 11.3 Å². The van der Waals surface area contributed by atoms with Crippen molar-refractivity contribution in [2.24, 2.45) is 0 Å². The minimum Gasteiger partial charge on any atom is -0.493 e. The van der Waals surface area contributed by atoms with E-state index in [-0.39, 0.29) is 0 Å². The van der Waals surface area contributed by atoms with Gasteiger partial charge in [-0.05, 0) is 12.1 Å². The molecule has 0 amide bonds. The van der Waals surface area contributed by atoms with Gasteiger partial charge in [0, 0.05) is 12.1 Å². The Morgan fingerprint density at radius 3 is 2.25 bits per heavy atom. The highest BCUT2D eigenvalue weighted by Gasteiger charge is 2.15. The molecule has 0 bridgehead atoms. The number of nitrogens with one attached hydrogen (secondary N) is 1. The van der Waals surface area contributed by atoms with Gasteiger partial charge in [-0.15, -0.1) is 0 Å². The van der Waals surface area contributed by atoms with Crippen molar-refractivity contribution < 1.29 is 14.2 Å². The molecule has 2 aromatic rings. The molecule has 0 aliphatic rings. The SMILES string of the molecule is COc1ccc(CNc2cncnc2)c(OC)c1OC. The Hall–Kier alpha value is -2.50. The molecular weight excluding hydrogens is 258 g/mol. The van der Waals surface area contributed by atoms with Crippen molar-refractivity contribution in [1.29, 1.82) is 0 Å². The summed E-state index contributed by atoms with van der Waals surface area (Å²) in [6.07, 6.45) is 4.91. The lowest BCUT2D eigenvalue weighted by atomic mass is 10.1. The topological polar surface area (TPSA) is 65.5 Å². The second-order valence-corrected chi connectivity index (χ2v) is 3.97. The van der Waals surface area contributed by atoms with Crippen LogP contribution in [0.15, 0.2) is 30.9 Å². The number of nitrogens with zero attached hydrogens (tertiary/aromatic N) is 2. The lowest BCUT2D eigenvalue weighted by molar-refractivity contribution is 0.322. The Morgan fingerprint density at radius 1 is 0.950 bits per heavy atom. The summed E-state index contributed by atoms with van der Waals surface area (Å²) in [6.45, 7) is 0.566. The largest absolute Gasteiger partial charge is 0.493 e. The average molecular weight is 275 g/mol. The standard InChI is InChI=1S/C14H17N3O3/c1-18-12-5-4-10(13(19-2)14(12)20-3)6-17-11-7-15-9-16-8-11/h4-5,7-9,17H,6H2,1-3H3. The normalized spacial score (nSPS) is 9.95. The molecule has 1 heterocycles. The minimum absolute atomic E-state index is 0.566. The number of anilines is 1. The Labute approximate surface area is 117 Å². The fraction of sp³-hybridized carbons (Fsp3) is 0.286. The number of rotatable bonds is 6. The summed E-state index contributed by atoms with van der Waals surface area (Å²) in [5.74, 6) is 1.87. The molecule has 106 valence electrons. The monoisotopic (exact) mass is 275 g/mol. The molecule has 6 nitrogen and oxygen atoms in total. The lowest BCUT2D eigenvalue weighted by Gasteiger charge is -2.16. The van der Waals surface area contributed by atoms with Crippen LogP contribution >= 0.6 is 0 Å². The van der Waals surface area contributed by atoms with E-state index in [2.05, 4.69) is 15.3 Å². The van der Waals surface area contributed by atoms with E-state index in [1.807, 2.05) is 12.1 Å². The van der Waals surface area contributed by atoms with Crippen LogP contribution in [-0.2, 0) is 6.54 Å². The van der Waals surface area contributed by atoms with E-state index < -0.39 is 0 Å². The fourth-order valence-electron chi connectivity index (χ4n) is 1.89. The first-order valence-corrected chi connectivity index (χ1v) is 6.07. The van der Waals surface area contributed by atoms with Gasteiger partial charge in [0.05, 0.1) is 39.4 Å². The Kier molecular flexibility index (Phi) is 4.60. The van der Waals surface area contributed by atoms with E-state index in [9.17, 15) is 0 Å². The quantitative estimate of drug-likeness (QED) is 0.871. The summed E-state index contributed by atoms with van der Waals surface area (Å²) < 4.78 is 16.0. The third-order valence-electron chi connectivity index (χ3n) is 2.83. The van der Waals surface area contributed by atoms with E-state index in [4.69, 9.17) is 14.2 Å². The van der Waals surface area contributed by atoms with Gasteiger partial charge < -0.3 is 19.5 Å². The first-order chi connectivity index (χ1) is 9.80. The van der Waals surface area contributed by atoms with Crippen LogP contribution in [0.2, 0.25) is 0 Å². The molecule has 0 atom stereocenters. The average Bonchev–Trinajstić information content (AvgIpc) is 2.52. The third kappa shape index (κ3) is 2.90. The second-order valence-electron chi connectivity index (χ2n) is 3.97. The molecule has 0 saturated carbocycles. The number of hydrogen-bond donors (Lipinski definition) is 1. The molecule has 1 N–H and O–H groups in total. The zero-order chi connectivity index (χ0) is 14.4. The fourth-order valence-corrected chi connectivity index (χ4v) is 1.89. The summed E-state index contributed by atoms with van der Waals surface area (Å²) in [7, 11) is 4.78. The number of ether oxygens (including phenoxy) is 3. The Morgan fingerprint density at radius 2 is 1.65 bits per heavy atom. The van der Waals surface area contributed by atoms with Crippen LogP contribution in [0.5, 0.6) is 17.2 Å². The van der Waals surface area contributed by atoms with Gasteiger partial charge >= 0.3 is 0 Å². The highest BCUT2D eigenvalue weighted by Crippen LogP contribution is 2.39. The van der Waals surface area contributed by atoms with Crippen molar-refractivity contribution >= 4 is 5.69 Å². The van der Waals surface area contributed by atoms with Crippen molar-refractivity contribution in [2.75, 3.05) is 26.6 Å². The van der Waals surface area contributed by atoms with Crippen LogP contribution in [0, 0.1) is 0 Å². The van der Waals surface area contributed by atoms with Crippen molar-refractivity contribution in [1.82, 2.24) is 9.97 Å². The highest BCUT2D eigenvalue weighted by molar-refractivity contribution is 5.56. The van der Waals surface area contributed by atoms with Crippen molar-refractivity contribution in [2.45, 2.75) is 6.54 Å². The zero-order valence-electron chi connectivity index (χ0n) is 11.7. The van der Waals surface area contributed by atoms with Gasteiger partial charge in [-0.25, -0.2) is 9.97 Å². The molecule has 0 saturated heterocycles. The van der Waals surface area contributed by atoms with E-state index in [1.165, 1.54) is 6.33 Å². The Bertz CT molecular complexity index is 561. The number of hydrogen-bond acceptors (Lipinski definition) is 6. The maximum atomic E-state index is 5.42. The predicted octanol–water partition coefficient (Wildman–Crippen LogP) is 2.11. The molecule has 0 aliphatic carbocycles. The summed E-state index contributed by atoms with van der Waals surface area (Å²) in [6, 6.07) is 3.77. The number of benzene rings is 1. The molecular formula is C14H17N3O3. The summed E-state index contributed by atoms with van der Waals surface area (Å²) in [4.78, 5) is 7.90. The van der Waals surface area contributed by atoms with E-state index in [1.54, 1.807) is 33.7 Å². The summed E-state index contributed by atoms with van der Waals surface area (Å²) in [5.41, 5.74) is 1.79. The summed E-state index contributed by atoms with van der Waals surface area (Å²) in [5, 5.41) is 3.22. The molecule has 1 aromatic carbocycles. The molecule has 6 heteroatoms. The molecule has 0 unspecified atom stereocenters. The first kappa shape index (κ1) is 13.9. The maximum absolute atomic E-state index is 5.42. The van der Waals surface area contributed by atoms with Crippen LogP contribution in [0.1, 0.15) is 5.56 Å². The Balaban J connectivity index is 2.23. The third-order valence-corrected chi connectivity index (χ3v) is 2.83. The van der Waals surface area contributed by atoms with Crippen molar-refractivity contribution in [3.05, 3.63) is 36.4 Å². The number of methoxy groups -OCH3 is 3. The molecule has 2 rings (SSSR count). The van der Waals surface area contributed by atoms with Gasteiger partial charge in [0.25, 0.3) is 0 Å². The van der Waals surface area contributed by atoms with Crippen LogP contribution in [-0.4, -0.2) is 31.3 Å². The van der Waals surface area contributed by atoms with Gasteiger partial charge in [-0.1, -0.05) is 0 Å². The van der Waals surface area contributed by atoms with E-state index in [0.29, 0.717) is 23.8 Å². The number of aromatic nitrogens is 2. The minimum atomic E-state index is 0.566. The molecule has 0 spiro atoms. The first-order valence-electron chi connectivity index (χ1n) is 6.07. The molecule has 0 fully saturated rings. The van der Waals surface area contributed by atoms with E-state index >= 15 is 0 Å². The zero-order valence-corrected chi connectivity index (χ0v) is 11.7. The van der Waals surface area contributed by atoms with Crippen molar-refractivity contribution in [3.8, 4) is 17.2 Å². The summed E-state index contributed by atoms with van der Waals surface area (Å²) >= 11 is 0. The predicted molar refractivity (Wildman–Crippen MR) is 75.5 cm³/mol. The molecule has 0 radical (unpaired) electrons. The van der Waals surface area contributed by atoms with Gasteiger partial charge in [-0.2, -0.15) is 0 Å². The van der Waals surface area contributed by atoms with Gasteiger partial charge in [0.15, 0.2) is 11.5 Å². The maximum Gasteiger partial charge on any atom is 0.203 e. The second kappa shape index (κ2) is 6.60. The van der Waals surface area contributed by atoms with Gasteiger partial charge in [0.2, 0.25) is 5.75 Å². The molecule has 20 heavy (non-hydrogen) atoms. The van der Waals surface area contributed by atoms with Crippen LogP contribution in [0.25, 0.3) is 0 Å². The smallest absolute Gasteiger partial charge is 0.203 e. The van der Waals surface area contributed by atoms with Crippen LogP contribution < -0.4 is 19.5 Å². The van der Waals surface area contributed by atoms with Crippen molar-refractivity contribution in [3.63, 3.8) is 0 Å². The molecule has 0 aliphatic heterocycles. The highest BCUT2D eigenvalue weighted by atomic mass is 16.5. The lowest BCUT2D eigenvalue weighted by Crippen LogP contribution is -2.04. The van der Waals surface area contributed by atoms with Crippen LogP contribution in [0.4, 0.5) is 5.69 Å². The molecule has 1 aromatic heterocycles. The van der Waals surface area contributed by atoms with Crippen LogP contribution in [0.3, 0.4) is 0 Å².